The van der Waals surface area contributed by atoms with Crippen LogP contribution in [0.2, 0.25) is 10.0 Å². The van der Waals surface area contributed by atoms with Gasteiger partial charge < -0.3 is 9.67 Å². The van der Waals surface area contributed by atoms with Gasteiger partial charge in [-0.15, -0.1) is 0 Å². The molecular formula is C33H26Cl2N4O3S. The predicted molar refractivity (Wildman–Crippen MR) is 174 cm³/mol. The quantitative estimate of drug-likeness (QED) is 0.191. The Morgan fingerprint density at radius 2 is 1.67 bits per heavy atom. The maximum absolute atomic E-state index is 12.2. The van der Waals surface area contributed by atoms with Gasteiger partial charge in [-0.25, -0.2) is 14.0 Å². The third-order valence-corrected chi connectivity index (χ3v) is 8.83. The van der Waals surface area contributed by atoms with Crippen LogP contribution in [0.15, 0.2) is 109 Å². The van der Waals surface area contributed by atoms with E-state index in [1.165, 1.54) is 11.1 Å². The highest BCUT2D eigenvalue weighted by Gasteiger charge is 2.28. The predicted octanol–water partition coefficient (Wildman–Crippen LogP) is 8.06. The monoisotopic (exact) mass is 628 g/mol. The molecule has 4 aromatic carbocycles. The van der Waals surface area contributed by atoms with E-state index in [1.807, 2.05) is 45.8 Å². The van der Waals surface area contributed by atoms with Gasteiger partial charge in [-0.05, 0) is 65.6 Å². The SMILES string of the molecule is Cc1cccc(-c2ccc(C=Cc3nc(-c4ccc(Cl)cc4Cl)cn3Cc3ccc(N4C=C(O)NS4(=O)=O)cc3)cc2)c1. The van der Waals surface area contributed by atoms with E-state index in [9.17, 15) is 13.5 Å². The fourth-order valence-electron chi connectivity index (χ4n) is 4.85. The van der Waals surface area contributed by atoms with E-state index in [2.05, 4.69) is 55.5 Å². The molecule has 1 aliphatic heterocycles. The number of anilines is 1. The molecule has 216 valence electrons. The topological polar surface area (TPSA) is 87.5 Å². The third-order valence-electron chi connectivity index (χ3n) is 6.98. The van der Waals surface area contributed by atoms with Crippen molar-refractivity contribution in [2.75, 3.05) is 4.31 Å². The number of hydrogen-bond donors (Lipinski definition) is 2. The molecule has 0 radical (unpaired) electrons. The van der Waals surface area contributed by atoms with Gasteiger partial charge in [-0.2, -0.15) is 8.42 Å². The fourth-order valence-corrected chi connectivity index (χ4v) is 6.40. The van der Waals surface area contributed by atoms with Gasteiger partial charge in [0.15, 0.2) is 0 Å². The van der Waals surface area contributed by atoms with Crippen LogP contribution in [0.1, 0.15) is 22.5 Å². The maximum atomic E-state index is 12.2. The number of aliphatic hydroxyl groups excluding tert-OH is 1. The standard InChI is InChI=1S/C33H26Cl2N4O3S/c1-22-3-2-4-26(17-22)25-10-5-23(6-11-25)9-16-32-36-31(29-15-12-27(34)18-30(29)35)20-38(32)19-24-7-13-28(14-8-24)39-21-33(40)37-43(39,41)42/h2-18,20-21,37,40H,19H2,1H3. The molecule has 2 N–H and O–H groups in total. The van der Waals surface area contributed by atoms with E-state index in [4.69, 9.17) is 28.2 Å². The molecule has 0 aliphatic carbocycles. The number of nitrogens with one attached hydrogen (secondary N) is 1. The number of imidazole rings is 1. The molecule has 0 spiro atoms. The van der Waals surface area contributed by atoms with E-state index < -0.39 is 16.1 Å². The lowest BCUT2D eigenvalue weighted by Crippen LogP contribution is -2.29. The zero-order valence-electron chi connectivity index (χ0n) is 22.9. The van der Waals surface area contributed by atoms with Gasteiger partial charge in [-0.1, -0.05) is 95.5 Å². The van der Waals surface area contributed by atoms with Crippen LogP contribution >= 0.6 is 23.2 Å². The zero-order chi connectivity index (χ0) is 30.1. The molecule has 2 heterocycles. The minimum Gasteiger partial charge on any atom is -0.493 e. The summed E-state index contributed by atoms with van der Waals surface area (Å²) in [5.74, 6) is 0.282. The second-order valence-corrected chi connectivity index (χ2v) is 12.5. The van der Waals surface area contributed by atoms with Crippen LogP contribution in [-0.4, -0.2) is 23.1 Å². The number of aromatic nitrogens is 2. The van der Waals surface area contributed by atoms with Gasteiger partial charge in [0.1, 0.15) is 5.82 Å². The summed E-state index contributed by atoms with van der Waals surface area (Å²) in [6, 6.07) is 29.1. The molecule has 0 saturated carbocycles. The Morgan fingerprint density at radius 3 is 2.35 bits per heavy atom. The lowest BCUT2D eigenvalue weighted by atomic mass is 10.0. The van der Waals surface area contributed by atoms with Crippen molar-refractivity contribution in [3.8, 4) is 22.4 Å². The first kappa shape index (κ1) is 28.6. The molecule has 0 bridgehead atoms. The van der Waals surface area contributed by atoms with Crippen molar-refractivity contribution in [2.24, 2.45) is 0 Å². The highest BCUT2D eigenvalue weighted by atomic mass is 35.5. The van der Waals surface area contributed by atoms with Gasteiger partial charge >= 0.3 is 10.2 Å². The lowest BCUT2D eigenvalue weighted by molar-refractivity contribution is 0.392. The molecule has 0 amide bonds. The summed E-state index contributed by atoms with van der Waals surface area (Å²) in [4.78, 5) is 4.88. The average molecular weight is 630 g/mol. The second-order valence-electron chi connectivity index (χ2n) is 10.1. The summed E-state index contributed by atoms with van der Waals surface area (Å²) in [6.45, 7) is 2.55. The molecule has 5 aromatic rings. The Bertz CT molecular complexity index is 1980. The summed E-state index contributed by atoms with van der Waals surface area (Å²) in [5.41, 5.74) is 7.34. The normalized spacial score (nSPS) is 14.2. The largest absolute Gasteiger partial charge is 0.493 e. The number of aryl methyl sites for hydroxylation is 1. The van der Waals surface area contributed by atoms with E-state index in [-0.39, 0.29) is 0 Å². The number of rotatable bonds is 7. The van der Waals surface area contributed by atoms with E-state index in [1.54, 1.807) is 24.3 Å². The molecule has 0 saturated heterocycles. The van der Waals surface area contributed by atoms with Crippen LogP contribution in [0.3, 0.4) is 0 Å². The van der Waals surface area contributed by atoms with Crippen LogP contribution in [0, 0.1) is 6.92 Å². The number of aliphatic hydroxyl groups is 1. The Hall–Kier alpha value is -4.50. The summed E-state index contributed by atoms with van der Waals surface area (Å²) >= 11 is 12.6. The van der Waals surface area contributed by atoms with Gasteiger partial charge in [0, 0.05) is 23.3 Å². The zero-order valence-corrected chi connectivity index (χ0v) is 25.3. The van der Waals surface area contributed by atoms with Gasteiger partial charge in [0.2, 0.25) is 5.88 Å². The molecule has 1 aliphatic rings. The Kier molecular flexibility index (Phi) is 7.75. The van der Waals surface area contributed by atoms with Gasteiger partial charge in [0.25, 0.3) is 0 Å². The molecule has 0 atom stereocenters. The maximum Gasteiger partial charge on any atom is 0.330 e. The number of benzene rings is 4. The summed E-state index contributed by atoms with van der Waals surface area (Å²) < 4.78 is 29.5. The molecule has 0 unspecified atom stereocenters. The van der Waals surface area contributed by atoms with Crippen LogP contribution in [0.5, 0.6) is 0 Å². The smallest absolute Gasteiger partial charge is 0.330 e. The Balaban J connectivity index is 1.29. The van der Waals surface area contributed by atoms with Crippen molar-refractivity contribution in [3.05, 3.63) is 142 Å². The average Bonchev–Trinajstić information content (AvgIpc) is 3.50. The highest BCUT2D eigenvalue weighted by Crippen LogP contribution is 2.31. The molecule has 0 fully saturated rings. The van der Waals surface area contributed by atoms with Crippen molar-refractivity contribution in [3.63, 3.8) is 0 Å². The first-order valence-electron chi connectivity index (χ1n) is 13.3. The van der Waals surface area contributed by atoms with Crippen molar-refractivity contribution >= 4 is 51.3 Å². The Morgan fingerprint density at radius 1 is 0.907 bits per heavy atom. The number of halogens is 2. The second kappa shape index (κ2) is 11.6. The third kappa shape index (κ3) is 6.32. The Labute approximate surface area is 260 Å². The summed E-state index contributed by atoms with van der Waals surface area (Å²) in [7, 11) is -3.86. The molecule has 7 nitrogen and oxygen atoms in total. The molecular weight excluding hydrogens is 603 g/mol. The number of nitrogens with zero attached hydrogens (tertiary/aromatic N) is 3. The number of hydrogen-bond acceptors (Lipinski definition) is 4. The molecule has 10 heteroatoms. The van der Waals surface area contributed by atoms with Crippen LogP contribution in [0.25, 0.3) is 34.5 Å². The van der Waals surface area contributed by atoms with E-state index in [0.717, 1.165) is 32.8 Å². The highest BCUT2D eigenvalue weighted by molar-refractivity contribution is 7.91. The van der Waals surface area contributed by atoms with E-state index in [0.29, 0.717) is 33.8 Å². The molecule has 43 heavy (non-hydrogen) atoms. The van der Waals surface area contributed by atoms with Crippen molar-refractivity contribution < 1.29 is 13.5 Å². The summed E-state index contributed by atoms with van der Waals surface area (Å²) in [6.07, 6.45) is 7.02. The minimum atomic E-state index is -3.86. The van der Waals surface area contributed by atoms with Gasteiger partial charge in [0.05, 0.1) is 22.6 Å². The summed E-state index contributed by atoms with van der Waals surface area (Å²) in [5, 5.41) is 10.7. The van der Waals surface area contributed by atoms with Crippen LogP contribution in [0.4, 0.5) is 5.69 Å². The van der Waals surface area contributed by atoms with Crippen molar-refractivity contribution in [1.29, 1.82) is 0 Å². The first-order valence-corrected chi connectivity index (χ1v) is 15.5. The molecule has 6 rings (SSSR count). The minimum absolute atomic E-state index is 0.397. The van der Waals surface area contributed by atoms with Crippen molar-refractivity contribution in [2.45, 2.75) is 13.5 Å². The first-order chi connectivity index (χ1) is 20.6. The van der Waals surface area contributed by atoms with Crippen LogP contribution < -0.4 is 9.03 Å². The van der Waals surface area contributed by atoms with Gasteiger partial charge in [-0.3, -0.25) is 0 Å². The molecule has 1 aromatic heterocycles. The lowest BCUT2D eigenvalue weighted by Gasteiger charge is -2.14. The van der Waals surface area contributed by atoms with Crippen molar-refractivity contribution in [1.82, 2.24) is 14.3 Å². The van der Waals surface area contributed by atoms with Crippen LogP contribution in [-0.2, 0) is 16.8 Å². The van der Waals surface area contributed by atoms with E-state index >= 15 is 0 Å². The fraction of sp³-hybridized carbons (Fsp3) is 0.0606.